The molecule has 0 heterocycles. The molecule has 4 heteroatoms. The molecule has 1 aromatic rings. The van der Waals surface area contributed by atoms with E-state index >= 15 is 0 Å². The Morgan fingerprint density at radius 3 is 2.86 bits per heavy atom. The van der Waals surface area contributed by atoms with Gasteiger partial charge in [-0.05, 0) is 47.2 Å². The van der Waals surface area contributed by atoms with Crippen LogP contribution in [0.1, 0.15) is 23.7 Å². The van der Waals surface area contributed by atoms with Gasteiger partial charge in [0, 0.05) is 9.26 Å². The van der Waals surface area contributed by atoms with Gasteiger partial charge in [-0.3, -0.25) is 0 Å². The average Bonchev–Trinajstić information content (AvgIpc) is 2.14. The molecule has 0 radical (unpaired) electrons. The van der Waals surface area contributed by atoms with Crippen molar-refractivity contribution in [2.45, 2.75) is 13.3 Å². The molecule has 2 N–H and O–H groups in total. The Labute approximate surface area is 96.8 Å². The van der Waals surface area contributed by atoms with Crippen LogP contribution in [0.15, 0.2) is 18.2 Å². The van der Waals surface area contributed by atoms with Crippen molar-refractivity contribution in [3.63, 3.8) is 0 Å². The molecule has 1 aromatic carbocycles. The second kappa shape index (κ2) is 5.19. The molecule has 0 amide bonds. The molecule has 0 aliphatic rings. The molecular formula is C10H12INO2. The summed E-state index contributed by atoms with van der Waals surface area (Å²) in [6.07, 6.45) is 0.815. The summed E-state index contributed by atoms with van der Waals surface area (Å²) >= 11 is 2.14. The van der Waals surface area contributed by atoms with Gasteiger partial charge in [0.15, 0.2) is 0 Å². The lowest BCUT2D eigenvalue weighted by atomic mass is 10.2. The van der Waals surface area contributed by atoms with Gasteiger partial charge in [-0.2, -0.15) is 0 Å². The molecule has 1 rings (SSSR count). The Kier molecular flexibility index (Phi) is 4.19. The van der Waals surface area contributed by atoms with Crippen LogP contribution < -0.4 is 5.73 Å². The molecule has 0 aliphatic carbocycles. The quantitative estimate of drug-likeness (QED) is 0.530. The molecule has 0 saturated carbocycles. The Balaban J connectivity index is 2.80. The first-order chi connectivity index (χ1) is 6.65. The zero-order chi connectivity index (χ0) is 10.6. The fraction of sp³-hybridized carbons (Fsp3) is 0.300. The van der Waals surface area contributed by atoms with Crippen LogP contribution >= 0.6 is 22.6 Å². The third-order valence-corrected chi connectivity index (χ3v) is 2.34. The average molecular weight is 305 g/mol. The Morgan fingerprint density at radius 2 is 2.29 bits per heavy atom. The van der Waals surface area contributed by atoms with Crippen molar-refractivity contribution >= 4 is 34.2 Å². The minimum absolute atomic E-state index is 0.347. The molecule has 0 saturated heterocycles. The van der Waals surface area contributed by atoms with Gasteiger partial charge in [0.25, 0.3) is 0 Å². The van der Waals surface area contributed by atoms with Crippen LogP contribution in [0, 0.1) is 3.57 Å². The Hall–Kier alpha value is -0.780. The van der Waals surface area contributed by atoms with Gasteiger partial charge in [-0.15, -0.1) is 0 Å². The largest absolute Gasteiger partial charge is 0.462 e. The van der Waals surface area contributed by atoms with Crippen LogP contribution in [-0.4, -0.2) is 12.6 Å². The molecular weight excluding hydrogens is 293 g/mol. The molecule has 3 nitrogen and oxygen atoms in total. The number of rotatable bonds is 3. The predicted molar refractivity (Wildman–Crippen MR) is 64.1 cm³/mol. The van der Waals surface area contributed by atoms with E-state index in [2.05, 4.69) is 22.6 Å². The second-order valence-electron chi connectivity index (χ2n) is 2.87. The first-order valence-corrected chi connectivity index (χ1v) is 5.45. The number of nitrogens with two attached hydrogens (primary N) is 1. The predicted octanol–water partition coefficient (Wildman–Crippen LogP) is 2.44. The molecule has 0 unspecified atom stereocenters. The number of halogens is 1. The summed E-state index contributed by atoms with van der Waals surface area (Å²) in [4.78, 5) is 11.4. The number of ether oxygens (including phenoxy) is 1. The number of anilines is 1. The summed E-state index contributed by atoms with van der Waals surface area (Å²) in [6.45, 7) is 2.38. The molecule has 0 aromatic heterocycles. The van der Waals surface area contributed by atoms with Gasteiger partial charge in [-0.1, -0.05) is 6.92 Å². The fourth-order valence-corrected chi connectivity index (χ4v) is 1.51. The van der Waals surface area contributed by atoms with Crippen molar-refractivity contribution in [2.75, 3.05) is 12.3 Å². The highest BCUT2D eigenvalue weighted by Crippen LogP contribution is 2.16. The maximum absolute atomic E-state index is 11.4. The van der Waals surface area contributed by atoms with Crippen LogP contribution in [-0.2, 0) is 4.74 Å². The minimum atomic E-state index is -0.347. The summed E-state index contributed by atoms with van der Waals surface area (Å²) in [7, 11) is 0. The van der Waals surface area contributed by atoms with Crippen LogP contribution in [0.3, 0.4) is 0 Å². The number of benzene rings is 1. The lowest BCUT2D eigenvalue weighted by molar-refractivity contribution is 0.0506. The van der Waals surface area contributed by atoms with E-state index in [4.69, 9.17) is 10.5 Å². The van der Waals surface area contributed by atoms with Crippen molar-refractivity contribution < 1.29 is 9.53 Å². The Bertz CT molecular complexity index is 339. The summed E-state index contributed by atoms with van der Waals surface area (Å²) < 4.78 is 5.98. The van der Waals surface area contributed by atoms with E-state index in [1.54, 1.807) is 12.1 Å². The van der Waals surface area contributed by atoms with E-state index in [0.29, 0.717) is 17.9 Å². The number of carbonyl (C=O) groups excluding carboxylic acids is 1. The number of carbonyl (C=O) groups is 1. The first-order valence-electron chi connectivity index (χ1n) is 4.37. The zero-order valence-electron chi connectivity index (χ0n) is 7.92. The first kappa shape index (κ1) is 11.3. The lowest BCUT2D eigenvalue weighted by Gasteiger charge is -2.05. The zero-order valence-corrected chi connectivity index (χ0v) is 10.1. The van der Waals surface area contributed by atoms with Crippen molar-refractivity contribution in [2.24, 2.45) is 0 Å². The summed E-state index contributed by atoms with van der Waals surface area (Å²) in [5.74, 6) is -0.347. The van der Waals surface area contributed by atoms with E-state index in [1.807, 2.05) is 13.0 Å². The van der Waals surface area contributed by atoms with E-state index in [0.717, 1.165) is 9.99 Å². The van der Waals surface area contributed by atoms with E-state index in [-0.39, 0.29) is 5.97 Å². The van der Waals surface area contributed by atoms with Gasteiger partial charge in [0.2, 0.25) is 0 Å². The standard InChI is InChI=1S/C10H12INO2/c1-2-5-14-10(13)8-4-3-7(11)6-9(8)12/h3-4,6H,2,5,12H2,1H3. The lowest BCUT2D eigenvalue weighted by Crippen LogP contribution is -2.08. The van der Waals surface area contributed by atoms with Crippen LogP contribution in [0.2, 0.25) is 0 Å². The van der Waals surface area contributed by atoms with Gasteiger partial charge < -0.3 is 10.5 Å². The summed E-state index contributed by atoms with van der Waals surface area (Å²) in [5.41, 5.74) is 6.60. The van der Waals surface area contributed by atoms with Crippen molar-refractivity contribution in [3.8, 4) is 0 Å². The summed E-state index contributed by atoms with van der Waals surface area (Å²) in [6, 6.07) is 5.28. The smallest absolute Gasteiger partial charge is 0.340 e. The number of nitrogen functional groups attached to an aromatic ring is 1. The third-order valence-electron chi connectivity index (χ3n) is 1.67. The van der Waals surface area contributed by atoms with Gasteiger partial charge in [-0.25, -0.2) is 4.79 Å². The second-order valence-corrected chi connectivity index (χ2v) is 4.11. The number of hydrogen-bond acceptors (Lipinski definition) is 3. The minimum Gasteiger partial charge on any atom is -0.462 e. The maximum atomic E-state index is 11.4. The summed E-state index contributed by atoms with van der Waals surface area (Å²) in [5, 5.41) is 0. The van der Waals surface area contributed by atoms with Crippen molar-refractivity contribution in [1.82, 2.24) is 0 Å². The monoisotopic (exact) mass is 305 g/mol. The van der Waals surface area contributed by atoms with E-state index in [9.17, 15) is 4.79 Å². The molecule has 76 valence electrons. The Morgan fingerprint density at radius 1 is 1.57 bits per heavy atom. The van der Waals surface area contributed by atoms with Crippen LogP contribution in [0.4, 0.5) is 5.69 Å². The highest BCUT2D eigenvalue weighted by Gasteiger charge is 2.10. The highest BCUT2D eigenvalue weighted by atomic mass is 127. The fourth-order valence-electron chi connectivity index (χ4n) is 0.992. The van der Waals surface area contributed by atoms with Crippen molar-refractivity contribution in [1.29, 1.82) is 0 Å². The van der Waals surface area contributed by atoms with Crippen LogP contribution in [0.25, 0.3) is 0 Å². The third kappa shape index (κ3) is 2.87. The SMILES string of the molecule is CCCOC(=O)c1ccc(I)cc1N. The topological polar surface area (TPSA) is 52.3 Å². The molecule has 0 spiro atoms. The molecule has 0 atom stereocenters. The maximum Gasteiger partial charge on any atom is 0.340 e. The number of hydrogen-bond donors (Lipinski definition) is 1. The van der Waals surface area contributed by atoms with Gasteiger partial charge >= 0.3 is 5.97 Å². The van der Waals surface area contributed by atoms with E-state index < -0.39 is 0 Å². The van der Waals surface area contributed by atoms with Crippen LogP contribution in [0.5, 0.6) is 0 Å². The molecule has 14 heavy (non-hydrogen) atoms. The van der Waals surface area contributed by atoms with Gasteiger partial charge in [0.05, 0.1) is 12.2 Å². The van der Waals surface area contributed by atoms with E-state index in [1.165, 1.54) is 0 Å². The highest BCUT2D eigenvalue weighted by molar-refractivity contribution is 14.1. The molecule has 0 aliphatic heterocycles. The number of esters is 1. The molecule has 0 fully saturated rings. The normalized spacial score (nSPS) is 9.86. The van der Waals surface area contributed by atoms with Crippen molar-refractivity contribution in [3.05, 3.63) is 27.3 Å². The van der Waals surface area contributed by atoms with Gasteiger partial charge in [0.1, 0.15) is 0 Å². The molecule has 0 bridgehead atoms.